The van der Waals surface area contributed by atoms with Crippen molar-refractivity contribution in [2.75, 3.05) is 0 Å². The van der Waals surface area contributed by atoms with Crippen LogP contribution in [0.3, 0.4) is 0 Å². The number of nitrogens with zero attached hydrogens (tertiary/aromatic N) is 1. The smallest absolute Gasteiger partial charge is 0.257 e. The van der Waals surface area contributed by atoms with Crippen LogP contribution < -0.4 is 10.7 Å². The van der Waals surface area contributed by atoms with E-state index in [-0.39, 0.29) is 39.6 Å². The number of rotatable bonds is 4. The maximum Gasteiger partial charge on any atom is 0.257 e. The fourth-order valence-electron chi connectivity index (χ4n) is 5.82. The van der Waals surface area contributed by atoms with Gasteiger partial charge in [-0.1, -0.05) is 27.7 Å². The van der Waals surface area contributed by atoms with Gasteiger partial charge in [0.05, 0.1) is 5.52 Å². The fourth-order valence-corrected chi connectivity index (χ4v) is 5.82. The zero-order chi connectivity index (χ0) is 20.3. The van der Waals surface area contributed by atoms with Gasteiger partial charge in [-0.2, -0.15) is 0 Å². The summed E-state index contributed by atoms with van der Waals surface area (Å²) in [4.78, 5) is 26.2. The van der Waals surface area contributed by atoms with E-state index in [9.17, 15) is 14.0 Å². The first-order valence-electron chi connectivity index (χ1n) is 10.3. The van der Waals surface area contributed by atoms with Crippen molar-refractivity contribution in [1.82, 2.24) is 9.88 Å². The molecule has 5 heteroatoms. The molecular weight excluding hydrogens is 355 g/mol. The van der Waals surface area contributed by atoms with Crippen LogP contribution in [0.15, 0.2) is 29.2 Å². The number of benzene rings is 1. The van der Waals surface area contributed by atoms with Gasteiger partial charge >= 0.3 is 0 Å². The highest BCUT2D eigenvalue weighted by molar-refractivity contribution is 5.97. The van der Waals surface area contributed by atoms with Crippen LogP contribution in [-0.4, -0.2) is 16.5 Å². The van der Waals surface area contributed by atoms with Crippen molar-refractivity contribution in [2.24, 2.45) is 16.7 Å². The molecule has 1 aromatic carbocycles. The monoisotopic (exact) mass is 384 g/mol. The largest absolute Gasteiger partial charge is 0.348 e. The minimum atomic E-state index is -0.384. The molecule has 1 N–H and O–H groups in total. The highest BCUT2D eigenvalue weighted by atomic mass is 19.1. The molecule has 0 aliphatic heterocycles. The maximum atomic E-state index is 13.7. The number of pyridine rings is 1. The van der Waals surface area contributed by atoms with Crippen molar-refractivity contribution in [3.63, 3.8) is 0 Å². The molecule has 4 nitrogen and oxygen atoms in total. The van der Waals surface area contributed by atoms with Crippen LogP contribution >= 0.6 is 0 Å². The highest BCUT2D eigenvalue weighted by Gasteiger charge is 2.59. The third-order valence-electron chi connectivity index (χ3n) is 7.30. The number of carbonyl (C=O) groups excluding carboxylic acids is 1. The Morgan fingerprint density at radius 1 is 1.32 bits per heavy atom. The Morgan fingerprint density at radius 2 is 2.07 bits per heavy atom. The molecule has 2 aromatic rings. The fraction of sp³-hybridized carbons (Fsp3) is 0.565. The zero-order valence-corrected chi connectivity index (χ0v) is 17.1. The molecular formula is C23H29FN2O2. The molecule has 2 aliphatic rings. The summed E-state index contributed by atoms with van der Waals surface area (Å²) < 4.78 is 15.6. The van der Waals surface area contributed by atoms with E-state index >= 15 is 0 Å². The number of amides is 1. The lowest BCUT2D eigenvalue weighted by atomic mass is 9.68. The normalized spacial score (nSPS) is 28.0. The summed E-state index contributed by atoms with van der Waals surface area (Å²) in [7, 11) is 0. The number of hydrogen-bond donors (Lipinski definition) is 1. The summed E-state index contributed by atoms with van der Waals surface area (Å²) in [5.41, 5.74) is 0.466. The quantitative estimate of drug-likeness (QED) is 0.844. The summed E-state index contributed by atoms with van der Waals surface area (Å²) in [6.07, 6.45) is 5.88. The van der Waals surface area contributed by atoms with Crippen LogP contribution in [0.1, 0.15) is 63.7 Å². The molecule has 150 valence electrons. The van der Waals surface area contributed by atoms with Crippen molar-refractivity contribution in [2.45, 2.75) is 66.0 Å². The summed E-state index contributed by atoms with van der Waals surface area (Å²) in [6.45, 7) is 9.35. The van der Waals surface area contributed by atoms with E-state index in [4.69, 9.17) is 0 Å². The number of aryl methyl sites for hydroxylation is 1. The third kappa shape index (κ3) is 2.78. The Kier molecular flexibility index (Phi) is 4.40. The van der Waals surface area contributed by atoms with Gasteiger partial charge in [0.25, 0.3) is 5.91 Å². The van der Waals surface area contributed by atoms with Crippen LogP contribution in [0.5, 0.6) is 0 Å². The van der Waals surface area contributed by atoms with Gasteiger partial charge in [-0.25, -0.2) is 4.39 Å². The summed E-state index contributed by atoms with van der Waals surface area (Å²) in [5, 5.41) is 3.61. The number of aromatic nitrogens is 1. The van der Waals surface area contributed by atoms with Crippen LogP contribution in [-0.2, 0) is 6.54 Å². The third-order valence-corrected chi connectivity index (χ3v) is 7.30. The molecule has 4 rings (SSSR count). The van der Waals surface area contributed by atoms with Crippen molar-refractivity contribution in [3.8, 4) is 0 Å². The number of fused-ring (bicyclic) bond motifs is 3. The van der Waals surface area contributed by atoms with Gasteiger partial charge in [0.2, 0.25) is 5.43 Å². The van der Waals surface area contributed by atoms with Crippen molar-refractivity contribution in [3.05, 3.63) is 46.0 Å². The molecule has 2 bridgehead atoms. The topological polar surface area (TPSA) is 51.1 Å². The van der Waals surface area contributed by atoms with Crippen molar-refractivity contribution in [1.29, 1.82) is 0 Å². The lowest BCUT2D eigenvalue weighted by molar-refractivity contribution is 0.0736. The number of nitrogens with one attached hydrogen (secondary N) is 1. The molecule has 2 fully saturated rings. The minimum Gasteiger partial charge on any atom is -0.348 e. The molecule has 1 amide bonds. The van der Waals surface area contributed by atoms with E-state index in [1.165, 1.54) is 24.6 Å². The first-order chi connectivity index (χ1) is 13.2. The molecule has 3 atom stereocenters. The predicted molar refractivity (Wildman–Crippen MR) is 109 cm³/mol. The van der Waals surface area contributed by atoms with Crippen LogP contribution in [0.2, 0.25) is 0 Å². The minimum absolute atomic E-state index is 0.0189. The lowest BCUT2D eigenvalue weighted by Crippen LogP contribution is -2.53. The van der Waals surface area contributed by atoms with E-state index < -0.39 is 0 Å². The van der Waals surface area contributed by atoms with Crippen LogP contribution in [0, 0.1) is 22.6 Å². The van der Waals surface area contributed by atoms with E-state index in [0.717, 1.165) is 19.3 Å². The number of halogens is 1. The maximum absolute atomic E-state index is 13.7. The second-order valence-electron chi connectivity index (χ2n) is 9.55. The van der Waals surface area contributed by atoms with Crippen LogP contribution in [0.4, 0.5) is 4.39 Å². The molecule has 28 heavy (non-hydrogen) atoms. The number of hydrogen-bond acceptors (Lipinski definition) is 2. The standard InChI is InChI=1S/C23H29FN2O2/c1-5-10-26-13-17(19(27)16-7-6-15(24)11-18(16)26)20(28)25-21-22(2,3)14-8-9-23(21,4)12-14/h6-7,11,13-14,21H,5,8-10,12H2,1-4H3,(H,25,28)/t14-,21+,23+/m0/s1. The van der Waals surface area contributed by atoms with E-state index in [2.05, 4.69) is 26.1 Å². The van der Waals surface area contributed by atoms with Gasteiger partial charge in [0.1, 0.15) is 11.4 Å². The van der Waals surface area contributed by atoms with Gasteiger partial charge in [-0.3, -0.25) is 9.59 Å². The summed E-state index contributed by atoms with van der Waals surface area (Å²) in [5.74, 6) is -0.0855. The Morgan fingerprint density at radius 3 is 2.71 bits per heavy atom. The Bertz CT molecular complexity index is 1000. The van der Waals surface area contributed by atoms with Gasteiger partial charge in [-0.05, 0) is 60.6 Å². The summed E-state index contributed by atoms with van der Waals surface area (Å²) >= 11 is 0. The average Bonchev–Trinajstić information content (AvgIpc) is 3.12. The Balaban J connectivity index is 1.75. The SMILES string of the molecule is CCCn1cc(C(=O)N[C@@H]2C(C)(C)[C@H]3CC[C@]2(C)C3)c(=O)c2ccc(F)cc21. The Hall–Kier alpha value is -2.17. The van der Waals surface area contributed by atoms with Crippen molar-refractivity contribution >= 4 is 16.8 Å². The van der Waals surface area contributed by atoms with E-state index in [0.29, 0.717) is 23.4 Å². The lowest BCUT2D eigenvalue weighted by Gasteiger charge is -2.43. The average molecular weight is 384 g/mol. The molecule has 1 aromatic heterocycles. The zero-order valence-electron chi connectivity index (χ0n) is 17.1. The molecule has 0 unspecified atom stereocenters. The van der Waals surface area contributed by atoms with Crippen LogP contribution in [0.25, 0.3) is 10.9 Å². The van der Waals surface area contributed by atoms with E-state index in [1.807, 2.05) is 11.5 Å². The first-order valence-corrected chi connectivity index (χ1v) is 10.3. The molecule has 1 heterocycles. The van der Waals surface area contributed by atoms with Gasteiger partial charge in [0.15, 0.2) is 0 Å². The van der Waals surface area contributed by atoms with Crippen molar-refractivity contribution < 1.29 is 9.18 Å². The second-order valence-corrected chi connectivity index (χ2v) is 9.55. The second kappa shape index (κ2) is 6.43. The van der Waals surface area contributed by atoms with Gasteiger partial charge < -0.3 is 9.88 Å². The molecule has 2 saturated carbocycles. The predicted octanol–water partition coefficient (Wildman–Crippen LogP) is 4.50. The highest BCUT2D eigenvalue weighted by Crippen LogP contribution is 2.62. The number of carbonyl (C=O) groups is 1. The first kappa shape index (κ1) is 19.2. The van der Waals surface area contributed by atoms with E-state index in [1.54, 1.807) is 6.20 Å². The molecule has 2 aliphatic carbocycles. The van der Waals surface area contributed by atoms with Gasteiger partial charge in [-0.15, -0.1) is 0 Å². The molecule has 0 radical (unpaired) electrons. The summed E-state index contributed by atoms with van der Waals surface area (Å²) in [6, 6.07) is 4.18. The Labute approximate surface area is 165 Å². The van der Waals surface area contributed by atoms with Gasteiger partial charge in [0, 0.05) is 24.2 Å². The molecule has 0 spiro atoms. The molecule has 0 saturated heterocycles.